The van der Waals surface area contributed by atoms with E-state index in [1.54, 1.807) is 0 Å². The Morgan fingerprint density at radius 2 is 0.929 bits per heavy atom. The molecule has 0 aliphatic carbocycles. The van der Waals surface area contributed by atoms with Gasteiger partial charge < -0.3 is 18.6 Å². The summed E-state index contributed by atoms with van der Waals surface area (Å²) < 4.78 is 14.0. The van der Waals surface area contributed by atoms with Crippen LogP contribution in [0.5, 0.6) is 0 Å². The molecule has 11 rings (SSSR count). The maximum Gasteiger partial charge on any atom is 0.140 e. The summed E-state index contributed by atoms with van der Waals surface area (Å²) in [5.74, 6) is 0. The minimum absolute atomic E-state index is 1.00. The molecule has 4 heteroatoms. The summed E-state index contributed by atoms with van der Waals surface area (Å²) in [6, 6.07) is 18.4. The highest BCUT2D eigenvalue weighted by molar-refractivity contribution is 6.39. The Bertz CT molecular complexity index is 2170. The maximum absolute atomic E-state index is 7.00. The molecule has 42 heavy (non-hydrogen) atoms. The minimum Gasteiger partial charge on any atom is -0.456 e. The smallest absolute Gasteiger partial charge is 0.140 e. The van der Waals surface area contributed by atoms with E-state index >= 15 is 0 Å². The first-order valence-electron chi connectivity index (χ1n) is 16.1. The number of benzene rings is 5. The van der Waals surface area contributed by atoms with E-state index in [2.05, 4.69) is 58.3 Å². The Morgan fingerprint density at radius 1 is 0.476 bits per heavy atom. The molecule has 0 saturated heterocycles. The molecule has 5 aromatic carbocycles. The molecular formula is C38H32N2O2. The van der Waals surface area contributed by atoms with Gasteiger partial charge in [-0.2, -0.15) is 0 Å². The molecule has 0 amide bonds. The van der Waals surface area contributed by atoms with Gasteiger partial charge in [-0.05, 0) is 97.5 Å². The van der Waals surface area contributed by atoms with Crippen molar-refractivity contribution in [1.82, 2.24) is 0 Å². The first-order valence-corrected chi connectivity index (χ1v) is 16.1. The Morgan fingerprint density at radius 3 is 1.40 bits per heavy atom. The Kier molecular flexibility index (Phi) is 4.16. The number of fused-ring (bicyclic) bond motifs is 8. The van der Waals surface area contributed by atoms with Crippen molar-refractivity contribution in [2.45, 2.75) is 51.4 Å². The zero-order valence-electron chi connectivity index (χ0n) is 23.8. The lowest BCUT2D eigenvalue weighted by Gasteiger charge is -2.37. The minimum atomic E-state index is 1.00. The fourth-order valence-corrected chi connectivity index (χ4v) is 9.48. The molecule has 0 radical (unpaired) electrons. The van der Waals surface area contributed by atoms with E-state index in [0.717, 1.165) is 48.0 Å². The molecule has 4 nitrogen and oxygen atoms in total. The van der Waals surface area contributed by atoms with Crippen LogP contribution >= 0.6 is 0 Å². The topological polar surface area (TPSA) is 32.8 Å². The van der Waals surface area contributed by atoms with Crippen molar-refractivity contribution in [3.05, 3.63) is 70.8 Å². The van der Waals surface area contributed by atoms with Gasteiger partial charge in [0.15, 0.2) is 0 Å². The van der Waals surface area contributed by atoms with Gasteiger partial charge in [-0.25, -0.2) is 0 Å². The lowest BCUT2D eigenvalue weighted by Crippen LogP contribution is -2.34. The predicted octanol–water partition coefficient (Wildman–Crippen LogP) is 9.19. The van der Waals surface area contributed by atoms with Crippen LogP contribution in [0.2, 0.25) is 0 Å². The van der Waals surface area contributed by atoms with E-state index < -0.39 is 0 Å². The van der Waals surface area contributed by atoms with Gasteiger partial charge in [-0.15, -0.1) is 0 Å². The van der Waals surface area contributed by atoms with E-state index in [4.69, 9.17) is 8.83 Å². The molecule has 4 aliphatic rings. The third-order valence-electron chi connectivity index (χ3n) is 11.0. The standard InChI is InChI=1S/C38H32N2O2/c1-9-23-31-27-19-21-7-3-16-40-18-6-12-26(36(21)40)38(27)42-30-14-2-10-24(34(30)31)32-28-20-22-8-4-15-39-17-5-11-25(35(22)39)37(28)41-29(13-1)33(23)32/h1-2,9-10,13-14,19-20H,3-8,11-12,15-18H2. The van der Waals surface area contributed by atoms with Crippen molar-refractivity contribution in [3.63, 3.8) is 0 Å². The normalized spacial score (nSPS) is 18.2. The number of hydrogen-bond acceptors (Lipinski definition) is 4. The number of rotatable bonds is 0. The fourth-order valence-electron chi connectivity index (χ4n) is 9.48. The number of aryl methyl sites for hydroxylation is 4. The summed E-state index contributed by atoms with van der Waals surface area (Å²) in [5.41, 5.74) is 13.0. The fraction of sp³-hybridized carbons (Fsp3) is 0.316. The van der Waals surface area contributed by atoms with Gasteiger partial charge in [0.2, 0.25) is 0 Å². The van der Waals surface area contributed by atoms with Crippen molar-refractivity contribution < 1.29 is 8.83 Å². The maximum atomic E-state index is 7.00. The second kappa shape index (κ2) is 7.80. The monoisotopic (exact) mass is 548 g/mol. The first kappa shape index (κ1) is 22.4. The van der Waals surface area contributed by atoms with Gasteiger partial charge >= 0.3 is 0 Å². The summed E-state index contributed by atoms with van der Waals surface area (Å²) in [7, 11) is 0. The Labute approximate surface area is 243 Å². The van der Waals surface area contributed by atoms with Crippen molar-refractivity contribution in [3.8, 4) is 0 Å². The quantitative estimate of drug-likeness (QED) is 0.140. The van der Waals surface area contributed by atoms with Crippen LogP contribution in [0.3, 0.4) is 0 Å². The number of nitrogens with zero attached hydrogens (tertiary/aromatic N) is 2. The van der Waals surface area contributed by atoms with E-state index in [0.29, 0.717) is 0 Å². The molecule has 6 heterocycles. The van der Waals surface area contributed by atoms with Gasteiger partial charge in [0.1, 0.15) is 22.3 Å². The molecule has 0 bridgehead atoms. The molecule has 4 aliphatic heterocycles. The van der Waals surface area contributed by atoms with E-state index in [-0.39, 0.29) is 0 Å². The molecule has 206 valence electrons. The van der Waals surface area contributed by atoms with Gasteiger partial charge in [-0.1, -0.05) is 24.3 Å². The van der Waals surface area contributed by atoms with Crippen molar-refractivity contribution >= 4 is 76.8 Å². The van der Waals surface area contributed by atoms with E-state index in [9.17, 15) is 0 Å². The largest absolute Gasteiger partial charge is 0.456 e. The molecule has 7 aromatic rings. The third kappa shape index (κ3) is 2.66. The van der Waals surface area contributed by atoms with Crippen LogP contribution in [-0.2, 0) is 25.7 Å². The van der Waals surface area contributed by atoms with Crippen molar-refractivity contribution in [2.24, 2.45) is 0 Å². The van der Waals surface area contributed by atoms with Crippen molar-refractivity contribution in [2.75, 3.05) is 36.0 Å². The van der Waals surface area contributed by atoms with Crippen LogP contribution in [0.1, 0.15) is 47.9 Å². The number of anilines is 2. The summed E-state index contributed by atoms with van der Waals surface area (Å²) in [5, 5.41) is 10.3. The van der Waals surface area contributed by atoms with Crippen LogP contribution < -0.4 is 9.80 Å². The molecule has 0 unspecified atom stereocenters. The van der Waals surface area contributed by atoms with Gasteiger partial charge in [0.05, 0.1) is 0 Å². The van der Waals surface area contributed by atoms with Crippen LogP contribution in [0, 0.1) is 0 Å². The second-order valence-electron chi connectivity index (χ2n) is 13.2. The molecule has 0 saturated carbocycles. The van der Waals surface area contributed by atoms with Gasteiger partial charge in [0, 0.05) is 81.0 Å². The highest BCUT2D eigenvalue weighted by Gasteiger charge is 2.31. The zero-order valence-corrected chi connectivity index (χ0v) is 23.8. The summed E-state index contributed by atoms with van der Waals surface area (Å²) in [6.07, 6.45) is 9.35. The molecule has 2 aromatic heterocycles. The lowest BCUT2D eigenvalue weighted by molar-refractivity contribution is 0.614. The van der Waals surface area contributed by atoms with Crippen LogP contribution in [-0.4, -0.2) is 26.2 Å². The average molecular weight is 549 g/mol. The molecule has 0 N–H and O–H groups in total. The molecule has 0 spiro atoms. The SMILES string of the molecule is c1cc2oc3c4c5c(cc3c3c6cccc7oc8c9c%10c(cc8c(c(c1)c23)c76)CCCN%10CCC9)CCCN5CCC4. The second-order valence-corrected chi connectivity index (χ2v) is 13.2. The molecule has 0 atom stereocenters. The van der Waals surface area contributed by atoms with E-state index in [1.807, 2.05) is 0 Å². The van der Waals surface area contributed by atoms with Gasteiger partial charge in [0.25, 0.3) is 0 Å². The lowest BCUT2D eigenvalue weighted by atomic mass is 9.84. The highest BCUT2D eigenvalue weighted by atomic mass is 16.3. The van der Waals surface area contributed by atoms with Crippen molar-refractivity contribution in [1.29, 1.82) is 0 Å². The predicted molar refractivity (Wildman–Crippen MR) is 174 cm³/mol. The van der Waals surface area contributed by atoms with Crippen LogP contribution in [0.4, 0.5) is 11.4 Å². The number of hydrogen-bond donors (Lipinski definition) is 0. The van der Waals surface area contributed by atoms with Gasteiger partial charge in [-0.3, -0.25) is 0 Å². The summed E-state index contributed by atoms with van der Waals surface area (Å²) in [4.78, 5) is 5.24. The Hall–Kier alpha value is -4.18. The van der Waals surface area contributed by atoms with Crippen LogP contribution in [0.15, 0.2) is 57.4 Å². The average Bonchev–Trinajstić information content (AvgIpc) is 3.03. The molecule has 0 fully saturated rings. The molecular weight excluding hydrogens is 516 g/mol. The summed E-state index contributed by atoms with van der Waals surface area (Å²) in [6.45, 7) is 4.67. The first-order chi connectivity index (χ1) is 20.8. The highest BCUT2D eigenvalue weighted by Crippen LogP contribution is 2.51. The third-order valence-corrected chi connectivity index (χ3v) is 11.0. The summed E-state index contributed by atoms with van der Waals surface area (Å²) >= 11 is 0. The zero-order chi connectivity index (χ0) is 27.1. The Balaban J connectivity index is 1.38. The van der Waals surface area contributed by atoms with Crippen LogP contribution in [0.25, 0.3) is 65.4 Å². The van der Waals surface area contributed by atoms with E-state index in [1.165, 1.54) is 129 Å².